The van der Waals surface area contributed by atoms with Gasteiger partial charge in [-0.2, -0.15) is 19.0 Å². The molecule has 1 fully saturated rings. The van der Waals surface area contributed by atoms with Crippen LogP contribution >= 0.6 is 0 Å². The third-order valence-corrected chi connectivity index (χ3v) is 11.6. The van der Waals surface area contributed by atoms with Gasteiger partial charge in [-0.15, -0.1) is 0 Å². The van der Waals surface area contributed by atoms with E-state index in [1.54, 1.807) is 35.7 Å². The number of aromatic nitrogens is 5. The average molecular weight is 868 g/mol. The van der Waals surface area contributed by atoms with Crippen molar-refractivity contribution in [3.8, 4) is 28.1 Å². The van der Waals surface area contributed by atoms with E-state index >= 15 is 0 Å². The highest BCUT2D eigenvalue weighted by Gasteiger charge is 2.38. The molecule has 1 aliphatic heterocycles. The minimum absolute atomic E-state index is 0.0612. The van der Waals surface area contributed by atoms with Gasteiger partial charge >= 0.3 is 5.76 Å². The molecule has 2 aromatic carbocycles. The van der Waals surface area contributed by atoms with Crippen LogP contribution in [-0.2, 0) is 37.9 Å². The van der Waals surface area contributed by atoms with Gasteiger partial charge in [0, 0.05) is 61.9 Å². The molecule has 2 amide bonds. The number of carbonyl (C=O) groups is 2. The summed E-state index contributed by atoms with van der Waals surface area (Å²) in [6.07, 6.45) is 7.72. The Balaban J connectivity index is 1.13. The van der Waals surface area contributed by atoms with E-state index in [2.05, 4.69) is 15.4 Å². The smallest absolute Gasteiger partial charge is 0.355 e. The Labute approximate surface area is 352 Å². The van der Waals surface area contributed by atoms with E-state index in [9.17, 15) is 31.2 Å². The Morgan fingerprint density at radius 3 is 2.48 bits per heavy atom. The van der Waals surface area contributed by atoms with Crippen LogP contribution in [0.4, 0.5) is 24.7 Å². The number of unbranched alkanes of at least 4 members (excludes halogenated alkanes) is 1. The number of nitrogen functional groups attached to an aromatic ring is 1. The van der Waals surface area contributed by atoms with Gasteiger partial charge in [-0.1, -0.05) is 39.0 Å². The number of nitrogens with zero attached hydrogens (tertiary/aromatic N) is 6. The predicted molar refractivity (Wildman–Crippen MR) is 225 cm³/mol. The number of amides is 2. The summed E-state index contributed by atoms with van der Waals surface area (Å²) in [4.78, 5) is 32.4. The van der Waals surface area contributed by atoms with Gasteiger partial charge in [0.1, 0.15) is 41.8 Å². The lowest BCUT2D eigenvalue weighted by atomic mass is 9.85. The van der Waals surface area contributed by atoms with Crippen LogP contribution in [0, 0.1) is 11.2 Å². The number of rotatable bonds is 17. The highest BCUT2D eigenvalue weighted by Crippen LogP contribution is 2.40. The minimum Gasteiger partial charge on any atom is -0.484 e. The second kappa shape index (κ2) is 18.5. The van der Waals surface area contributed by atoms with E-state index in [4.69, 9.17) is 20.3 Å². The summed E-state index contributed by atoms with van der Waals surface area (Å²) in [5.41, 5.74) is 9.14. The molecule has 0 radical (unpaired) electrons. The van der Waals surface area contributed by atoms with Crippen molar-refractivity contribution in [1.82, 2.24) is 34.8 Å². The van der Waals surface area contributed by atoms with Crippen molar-refractivity contribution in [3.05, 3.63) is 72.4 Å². The third-order valence-electron chi connectivity index (χ3n) is 10.6. The van der Waals surface area contributed by atoms with Crippen molar-refractivity contribution >= 4 is 44.2 Å². The monoisotopic (exact) mass is 867 g/mol. The number of ether oxygens (including phenoxy) is 2. The van der Waals surface area contributed by atoms with Crippen LogP contribution in [0.15, 0.2) is 61.1 Å². The number of pyridine rings is 1. The van der Waals surface area contributed by atoms with Gasteiger partial charge in [0.25, 0.3) is 10.0 Å². The molecule has 4 N–H and O–H groups in total. The van der Waals surface area contributed by atoms with Gasteiger partial charge in [0.2, 0.25) is 11.8 Å². The first-order chi connectivity index (χ1) is 28.8. The molecule has 61 heavy (non-hydrogen) atoms. The Hall–Kier alpha value is -5.69. The van der Waals surface area contributed by atoms with E-state index in [1.807, 2.05) is 43.5 Å². The van der Waals surface area contributed by atoms with Gasteiger partial charge < -0.3 is 25.4 Å². The average Bonchev–Trinajstić information content (AvgIpc) is 3.94. The highest BCUT2D eigenvalue weighted by molar-refractivity contribution is 7.93. The van der Waals surface area contributed by atoms with Gasteiger partial charge in [-0.05, 0) is 74.8 Å². The summed E-state index contributed by atoms with van der Waals surface area (Å²) >= 11 is 0. The molecule has 0 saturated carbocycles. The summed E-state index contributed by atoms with van der Waals surface area (Å²) in [5.74, 6) is -4.47. The number of hydrogen-bond donors (Lipinski definition) is 3. The number of hydrogen-bond acceptors (Lipinski definition) is 10. The van der Waals surface area contributed by atoms with E-state index in [1.165, 1.54) is 42.5 Å². The van der Waals surface area contributed by atoms with Crippen LogP contribution in [-0.4, -0.2) is 87.3 Å². The molecule has 4 heterocycles. The Bertz CT molecular complexity index is 2470. The van der Waals surface area contributed by atoms with Crippen LogP contribution < -0.4 is 20.5 Å². The lowest BCUT2D eigenvalue weighted by molar-refractivity contribution is -0.141. The Morgan fingerprint density at radius 1 is 1.07 bits per heavy atom. The fourth-order valence-corrected chi connectivity index (χ4v) is 7.90. The molecule has 3 aromatic heterocycles. The van der Waals surface area contributed by atoms with Gasteiger partial charge in [-0.3, -0.25) is 23.7 Å². The first-order valence-electron chi connectivity index (χ1n) is 20.0. The van der Waals surface area contributed by atoms with Gasteiger partial charge in [0.05, 0.1) is 22.8 Å². The minimum atomic E-state index is -5.06. The molecule has 328 valence electrons. The quantitative estimate of drug-likeness (QED) is 0.0853. The van der Waals surface area contributed by atoms with Crippen LogP contribution in [0.2, 0.25) is 0 Å². The van der Waals surface area contributed by atoms with Crippen LogP contribution in [0.3, 0.4) is 0 Å². The first-order valence-corrected chi connectivity index (χ1v) is 21.6. The van der Waals surface area contributed by atoms with Crippen molar-refractivity contribution in [2.45, 2.75) is 90.8 Å². The Kier molecular flexibility index (Phi) is 13.6. The molecule has 19 heteroatoms. The molecule has 5 aromatic rings. The number of halogens is 3. The van der Waals surface area contributed by atoms with Crippen LogP contribution in [0.25, 0.3) is 33.3 Å². The first kappa shape index (κ1) is 44.9. The second-order valence-electron chi connectivity index (χ2n) is 16.3. The maximum absolute atomic E-state index is 13.6. The summed E-state index contributed by atoms with van der Waals surface area (Å²) < 4.78 is 81.9. The molecule has 0 spiro atoms. The van der Waals surface area contributed by atoms with Crippen LogP contribution in [0.1, 0.15) is 72.0 Å². The zero-order valence-corrected chi connectivity index (χ0v) is 35.8. The van der Waals surface area contributed by atoms with Crippen LogP contribution in [0.5, 0.6) is 5.75 Å². The van der Waals surface area contributed by atoms with E-state index in [-0.39, 0.29) is 41.7 Å². The van der Waals surface area contributed by atoms with Crippen molar-refractivity contribution < 1.29 is 40.7 Å². The SMILES string of the molecule is CC(Oc1cc(-c2nn(C)c3c(-c4cnn(CCCCOCC(=O)NC(C(=O)N5CCCC5C)C(C)(C)C)c4)cnc(N)c23)ccc1NS(=O)(=O)C(F)F)c1ccc(F)cc1. The molecule has 1 aliphatic rings. The Morgan fingerprint density at radius 2 is 1.80 bits per heavy atom. The molecule has 15 nitrogen and oxygen atoms in total. The number of fused-ring (bicyclic) bond motifs is 1. The van der Waals surface area contributed by atoms with Gasteiger partial charge in [0.15, 0.2) is 0 Å². The largest absolute Gasteiger partial charge is 0.484 e. The summed E-state index contributed by atoms with van der Waals surface area (Å²) in [6, 6.07) is 9.24. The van der Waals surface area contributed by atoms with E-state index in [0.717, 1.165) is 18.4 Å². The van der Waals surface area contributed by atoms with Crippen molar-refractivity contribution in [2.75, 3.05) is 30.2 Å². The number of carbonyl (C=O) groups excluding carboxylic acids is 2. The van der Waals surface area contributed by atoms with Gasteiger partial charge in [-0.25, -0.2) is 17.8 Å². The second-order valence-corrected chi connectivity index (χ2v) is 18.0. The zero-order chi connectivity index (χ0) is 44.2. The summed E-state index contributed by atoms with van der Waals surface area (Å²) in [7, 11) is -3.33. The molecular formula is C42H52F3N9O6S. The molecule has 6 rings (SSSR count). The number of nitrogens with one attached hydrogen (secondary N) is 2. The molecule has 0 aliphatic carbocycles. The number of anilines is 2. The molecular weight excluding hydrogens is 816 g/mol. The lowest BCUT2D eigenvalue weighted by Crippen LogP contribution is -2.56. The van der Waals surface area contributed by atoms with E-state index < -0.39 is 39.2 Å². The lowest BCUT2D eigenvalue weighted by Gasteiger charge is -2.35. The number of nitrogens with two attached hydrogens (primary N) is 1. The summed E-state index contributed by atoms with van der Waals surface area (Å²) in [6.45, 7) is 10.9. The topological polar surface area (TPSA) is 189 Å². The maximum Gasteiger partial charge on any atom is 0.355 e. The molecule has 0 bridgehead atoms. The van der Waals surface area contributed by atoms with Crippen molar-refractivity contribution in [3.63, 3.8) is 0 Å². The number of aryl methyl sites for hydroxylation is 2. The predicted octanol–water partition coefficient (Wildman–Crippen LogP) is 6.66. The molecule has 3 atom stereocenters. The number of sulfonamides is 1. The van der Waals surface area contributed by atoms with Crippen molar-refractivity contribution in [1.29, 1.82) is 0 Å². The highest BCUT2D eigenvalue weighted by atomic mass is 32.2. The maximum atomic E-state index is 13.6. The third kappa shape index (κ3) is 10.4. The van der Waals surface area contributed by atoms with Crippen molar-refractivity contribution in [2.24, 2.45) is 12.5 Å². The normalized spacial score (nSPS) is 15.6. The number of alkyl halides is 2. The molecule has 3 unspecified atom stereocenters. The fraction of sp³-hybridized carbons (Fsp3) is 0.452. The zero-order valence-electron chi connectivity index (χ0n) is 35.0. The number of benzene rings is 2. The summed E-state index contributed by atoms with van der Waals surface area (Å²) in [5, 5.41) is 12.6. The fourth-order valence-electron chi connectivity index (χ4n) is 7.34. The molecule has 1 saturated heterocycles. The standard InChI is InChI=1S/C42H52F3N9O6S/c1-25-10-9-18-54(25)40(56)38(42(3,4)5)49-34(55)24-59-19-8-7-17-53-23-29(21-48-53)31-22-47-39(46)35-36(50-52(6)37(31)35)28-13-16-32(51-61(57,58)41(44)45)33(20-28)60-26(2)27-11-14-30(43)15-12-27/h11-16,20-23,25-26,38,41,51H,7-10,17-19,24H2,1-6H3,(H2,46,47)(H,49,55). The van der Waals surface area contributed by atoms with E-state index in [0.29, 0.717) is 65.8 Å². The number of likely N-dealkylation sites (tertiary alicyclic amines) is 1.